The van der Waals surface area contributed by atoms with E-state index in [9.17, 15) is 0 Å². The smallest absolute Gasteiger partial charge is 0.0994 e. The highest BCUT2D eigenvalue weighted by Crippen LogP contribution is 2.32. The van der Waals surface area contributed by atoms with Gasteiger partial charge >= 0.3 is 0 Å². The lowest BCUT2D eigenvalue weighted by Gasteiger charge is -2.21. The van der Waals surface area contributed by atoms with Gasteiger partial charge in [-0.15, -0.1) is 0 Å². The number of hydrogen-bond donors (Lipinski definition) is 0. The van der Waals surface area contributed by atoms with E-state index in [0.717, 1.165) is 5.56 Å². The molecule has 0 amide bonds. The van der Waals surface area contributed by atoms with Gasteiger partial charge in [-0.25, -0.2) is 0 Å². The zero-order chi connectivity index (χ0) is 9.80. The van der Waals surface area contributed by atoms with Crippen LogP contribution < -0.4 is 0 Å². The van der Waals surface area contributed by atoms with Crippen molar-refractivity contribution < 1.29 is 0 Å². The standard InChI is InChI=1S/C13H14N/c14-10-12-8-4-5-9-13(12)11-6-2-1-3-7-11/h4-5,8-9H,1-3,6-7H2. The van der Waals surface area contributed by atoms with E-state index in [4.69, 9.17) is 5.26 Å². The van der Waals surface area contributed by atoms with E-state index in [0.29, 0.717) is 0 Å². The first-order valence-electron chi connectivity index (χ1n) is 5.26. The van der Waals surface area contributed by atoms with Gasteiger partial charge in [-0.1, -0.05) is 37.5 Å². The van der Waals surface area contributed by atoms with Gasteiger partial charge < -0.3 is 0 Å². The van der Waals surface area contributed by atoms with Crippen LogP contribution in [0.1, 0.15) is 43.2 Å². The van der Waals surface area contributed by atoms with Crippen molar-refractivity contribution in [2.45, 2.75) is 32.1 Å². The Balaban J connectivity index is 2.26. The van der Waals surface area contributed by atoms with Gasteiger partial charge in [0.2, 0.25) is 0 Å². The van der Waals surface area contributed by atoms with Crippen LogP contribution in [0.15, 0.2) is 24.3 Å². The fraction of sp³-hybridized carbons (Fsp3) is 0.385. The monoisotopic (exact) mass is 184 g/mol. The molecule has 0 aliphatic heterocycles. The van der Waals surface area contributed by atoms with E-state index in [-0.39, 0.29) is 0 Å². The van der Waals surface area contributed by atoms with Crippen molar-refractivity contribution in [3.63, 3.8) is 0 Å². The lowest BCUT2D eigenvalue weighted by molar-refractivity contribution is 0.551. The molecule has 0 bridgehead atoms. The average molecular weight is 184 g/mol. The maximum atomic E-state index is 8.99. The third-order valence-electron chi connectivity index (χ3n) is 2.89. The Kier molecular flexibility index (Phi) is 2.84. The van der Waals surface area contributed by atoms with Crippen LogP contribution in [-0.2, 0) is 0 Å². The second kappa shape index (κ2) is 4.28. The molecule has 0 aromatic heterocycles. The zero-order valence-corrected chi connectivity index (χ0v) is 8.29. The Morgan fingerprint density at radius 1 is 1.00 bits per heavy atom. The van der Waals surface area contributed by atoms with Crippen molar-refractivity contribution in [3.8, 4) is 6.07 Å². The van der Waals surface area contributed by atoms with Crippen LogP contribution in [0.5, 0.6) is 0 Å². The molecule has 0 spiro atoms. The summed E-state index contributed by atoms with van der Waals surface area (Å²) >= 11 is 0. The van der Waals surface area contributed by atoms with Crippen LogP contribution in [0, 0.1) is 17.2 Å². The fourth-order valence-corrected chi connectivity index (χ4v) is 2.14. The number of nitriles is 1. The molecule has 0 saturated heterocycles. The van der Waals surface area contributed by atoms with Gasteiger partial charge in [-0.2, -0.15) is 5.26 Å². The molecular formula is C13H14N. The van der Waals surface area contributed by atoms with Crippen molar-refractivity contribution in [2.75, 3.05) is 0 Å². The van der Waals surface area contributed by atoms with Crippen molar-refractivity contribution in [1.29, 1.82) is 5.26 Å². The van der Waals surface area contributed by atoms with Crippen LogP contribution in [-0.4, -0.2) is 0 Å². The largest absolute Gasteiger partial charge is 0.192 e. The molecule has 1 radical (unpaired) electrons. The summed E-state index contributed by atoms with van der Waals surface area (Å²) in [6, 6.07) is 10.2. The summed E-state index contributed by atoms with van der Waals surface area (Å²) < 4.78 is 0. The first kappa shape index (κ1) is 9.27. The minimum absolute atomic E-state index is 0.837. The van der Waals surface area contributed by atoms with E-state index >= 15 is 0 Å². The van der Waals surface area contributed by atoms with Crippen molar-refractivity contribution >= 4 is 0 Å². The van der Waals surface area contributed by atoms with Crippen LogP contribution in [0.25, 0.3) is 0 Å². The summed E-state index contributed by atoms with van der Waals surface area (Å²) in [6.07, 6.45) is 6.28. The highest BCUT2D eigenvalue weighted by Gasteiger charge is 2.18. The van der Waals surface area contributed by atoms with Crippen LogP contribution in [0.2, 0.25) is 0 Å². The summed E-state index contributed by atoms with van der Waals surface area (Å²) in [5.74, 6) is 1.48. The van der Waals surface area contributed by atoms with Gasteiger partial charge in [0.05, 0.1) is 11.6 Å². The van der Waals surface area contributed by atoms with Gasteiger partial charge in [0.25, 0.3) is 0 Å². The van der Waals surface area contributed by atoms with E-state index in [1.165, 1.54) is 43.6 Å². The first-order chi connectivity index (χ1) is 6.92. The molecule has 0 heterocycles. The molecular weight excluding hydrogens is 170 g/mol. The highest BCUT2D eigenvalue weighted by molar-refractivity contribution is 5.45. The second-order valence-electron chi connectivity index (χ2n) is 3.82. The normalized spacial score (nSPS) is 17.6. The van der Waals surface area contributed by atoms with E-state index < -0.39 is 0 Å². The van der Waals surface area contributed by atoms with Gasteiger partial charge in [0.15, 0.2) is 0 Å². The van der Waals surface area contributed by atoms with Crippen LogP contribution >= 0.6 is 0 Å². The number of nitrogens with zero attached hydrogens (tertiary/aromatic N) is 1. The minimum atomic E-state index is 0.837. The van der Waals surface area contributed by atoms with E-state index in [1.54, 1.807) is 0 Å². The van der Waals surface area contributed by atoms with Gasteiger partial charge in [0.1, 0.15) is 0 Å². The first-order valence-corrected chi connectivity index (χ1v) is 5.26. The number of benzene rings is 1. The number of hydrogen-bond acceptors (Lipinski definition) is 1. The Hall–Kier alpha value is -1.29. The minimum Gasteiger partial charge on any atom is -0.192 e. The summed E-state index contributed by atoms with van der Waals surface area (Å²) in [7, 11) is 0. The van der Waals surface area contributed by atoms with Crippen molar-refractivity contribution in [2.24, 2.45) is 0 Å². The van der Waals surface area contributed by atoms with Crippen LogP contribution in [0.3, 0.4) is 0 Å². The Labute approximate surface area is 85.4 Å². The van der Waals surface area contributed by atoms with Gasteiger partial charge in [-0.3, -0.25) is 0 Å². The molecule has 0 unspecified atom stereocenters. The quantitative estimate of drug-likeness (QED) is 0.655. The molecule has 1 heteroatoms. The molecule has 2 rings (SSSR count). The summed E-state index contributed by atoms with van der Waals surface area (Å²) in [5, 5.41) is 8.99. The van der Waals surface area contributed by atoms with Gasteiger partial charge in [0, 0.05) is 5.92 Å². The topological polar surface area (TPSA) is 23.8 Å². The highest BCUT2D eigenvalue weighted by atomic mass is 14.3. The third kappa shape index (κ3) is 1.80. The molecule has 1 aromatic rings. The molecule has 0 N–H and O–H groups in total. The average Bonchev–Trinajstić information content (AvgIpc) is 2.30. The zero-order valence-electron chi connectivity index (χ0n) is 8.29. The molecule has 1 aromatic carbocycles. The number of rotatable bonds is 1. The molecule has 1 aliphatic carbocycles. The van der Waals surface area contributed by atoms with E-state index in [2.05, 4.69) is 12.1 Å². The van der Waals surface area contributed by atoms with Gasteiger partial charge in [-0.05, 0) is 24.5 Å². The molecule has 1 aliphatic rings. The van der Waals surface area contributed by atoms with Crippen molar-refractivity contribution in [1.82, 2.24) is 0 Å². The molecule has 1 nitrogen and oxygen atoms in total. The van der Waals surface area contributed by atoms with Crippen LogP contribution in [0.4, 0.5) is 0 Å². The third-order valence-corrected chi connectivity index (χ3v) is 2.89. The molecule has 1 saturated carbocycles. The predicted molar refractivity (Wildman–Crippen MR) is 56.6 cm³/mol. The Morgan fingerprint density at radius 3 is 2.43 bits per heavy atom. The Bertz CT molecular complexity index is 342. The predicted octanol–water partition coefficient (Wildman–Crippen LogP) is 3.44. The maximum absolute atomic E-state index is 8.99. The second-order valence-corrected chi connectivity index (χ2v) is 3.82. The fourth-order valence-electron chi connectivity index (χ4n) is 2.14. The van der Waals surface area contributed by atoms with Crippen molar-refractivity contribution in [3.05, 3.63) is 41.3 Å². The molecule has 71 valence electrons. The SMILES string of the molecule is N#Cc1ccccc1[C]1CCCCC1. The summed E-state index contributed by atoms with van der Waals surface area (Å²) in [5.41, 5.74) is 2.03. The molecule has 0 atom stereocenters. The lowest BCUT2D eigenvalue weighted by Crippen LogP contribution is -2.06. The Morgan fingerprint density at radius 2 is 1.71 bits per heavy atom. The molecule has 1 fully saturated rings. The van der Waals surface area contributed by atoms with E-state index in [1.807, 2.05) is 18.2 Å². The lowest BCUT2D eigenvalue weighted by atomic mass is 9.82. The maximum Gasteiger partial charge on any atom is 0.0994 e. The summed E-state index contributed by atoms with van der Waals surface area (Å²) in [6.45, 7) is 0. The summed E-state index contributed by atoms with van der Waals surface area (Å²) in [4.78, 5) is 0. The molecule has 14 heavy (non-hydrogen) atoms.